The molecule has 11 heavy (non-hydrogen) atoms. The summed E-state index contributed by atoms with van der Waals surface area (Å²) in [5, 5.41) is 0. The van der Waals surface area contributed by atoms with Crippen molar-refractivity contribution in [2.75, 3.05) is 0 Å². The van der Waals surface area contributed by atoms with Crippen LogP contribution in [0.15, 0.2) is 0 Å². The summed E-state index contributed by atoms with van der Waals surface area (Å²) in [6, 6.07) is 0.340. The second-order valence-electron chi connectivity index (χ2n) is 4.60. The molecule has 70 valence electrons. The van der Waals surface area contributed by atoms with Gasteiger partial charge in [-0.15, -0.1) is 0 Å². The Labute approximate surface area is 78.2 Å². The first-order valence-electron chi connectivity index (χ1n) is 4.09. The highest BCUT2D eigenvalue weighted by Gasteiger charge is 2.20. The first-order chi connectivity index (χ1) is 4.34. The maximum absolute atomic E-state index is 5.95. The monoisotopic (exact) mass is 177 g/mol. The van der Waals surface area contributed by atoms with Gasteiger partial charge in [-0.25, -0.2) is 0 Å². The predicted octanol–water partition coefficient (Wildman–Crippen LogP) is 2.52. The first kappa shape index (κ1) is 13.9. The van der Waals surface area contributed by atoms with Crippen LogP contribution in [0.3, 0.4) is 0 Å². The second kappa shape index (κ2) is 5.04. The zero-order chi connectivity index (χ0) is 8.36. The van der Waals surface area contributed by atoms with E-state index < -0.39 is 0 Å². The zero-order valence-electron chi connectivity index (χ0n) is 8.44. The maximum atomic E-state index is 5.95. The van der Waals surface area contributed by atoms with Gasteiger partial charge in [0.15, 0.2) is 0 Å². The molecule has 2 N–H and O–H groups in total. The van der Waals surface area contributed by atoms with E-state index in [0.29, 0.717) is 12.0 Å². The Kier molecular flexibility index (Phi) is 6.36. The van der Waals surface area contributed by atoms with Crippen molar-refractivity contribution in [1.29, 1.82) is 0 Å². The third-order valence-corrected chi connectivity index (χ3v) is 1.84. The fourth-order valence-electron chi connectivity index (χ4n) is 0.861. The van der Waals surface area contributed by atoms with E-state index in [4.69, 9.17) is 5.73 Å². The number of hydrogen-bond donors (Lipinski definition) is 1. The molecule has 0 aromatic rings. The Bertz CT molecular complexity index is 94.2. The van der Waals surface area contributed by atoms with E-state index in [9.17, 15) is 0 Å². The van der Waals surface area contributed by atoms with Crippen molar-refractivity contribution in [3.63, 3.8) is 0 Å². The van der Waals surface area contributed by atoms with Crippen LogP contribution in [0.2, 0.25) is 0 Å². The molecule has 1 atom stereocenters. The van der Waals surface area contributed by atoms with Crippen molar-refractivity contribution < 1.29 is 0 Å². The van der Waals surface area contributed by atoms with Crippen molar-refractivity contribution in [3.8, 4) is 0 Å². The van der Waals surface area contributed by atoms with Crippen LogP contribution in [0.25, 0.3) is 0 Å². The van der Waals surface area contributed by atoms with Crippen LogP contribution in [0.1, 0.15) is 41.0 Å². The van der Waals surface area contributed by atoms with Crippen molar-refractivity contribution in [2.45, 2.75) is 47.1 Å². The molecule has 0 aliphatic heterocycles. The molecule has 0 saturated heterocycles. The number of rotatable bonds is 2. The van der Waals surface area contributed by atoms with Crippen LogP contribution in [-0.2, 0) is 0 Å². The Morgan fingerprint density at radius 1 is 1.18 bits per heavy atom. The van der Waals surface area contributed by atoms with Gasteiger partial charge in [0, 0.05) is 6.04 Å². The van der Waals surface area contributed by atoms with Crippen LogP contribution in [0.4, 0.5) is 0 Å². The molecule has 0 spiro atoms. The quantitative estimate of drug-likeness (QED) is 0.689. The SMILES string of the molecule is CC(C)C[C@H](N)C(C)(C)C.S. The first-order valence-corrected chi connectivity index (χ1v) is 4.09. The molecule has 0 amide bonds. The van der Waals surface area contributed by atoms with Crippen LogP contribution >= 0.6 is 13.5 Å². The van der Waals surface area contributed by atoms with E-state index in [1.165, 1.54) is 0 Å². The third-order valence-electron chi connectivity index (χ3n) is 1.84. The molecule has 0 bridgehead atoms. The molecule has 0 aliphatic carbocycles. The van der Waals surface area contributed by atoms with Crippen molar-refractivity contribution in [3.05, 3.63) is 0 Å². The van der Waals surface area contributed by atoms with Gasteiger partial charge in [-0.05, 0) is 17.8 Å². The Balaban J connectivity index is 0. The van der Waals surface area contributed by atoms with Gasteiger partial charge >= 0.3 is 0 Å². The Hall–Kier alpha value is 0.310. The normalized spacial score (nSPS) is 14.5. The molecular weight excluding hydrogens is 154 g/mol. The topological polar surface area (TPSA) is 26.0 Å². The van der Waals surface area contributed by atoms with Gasteiger partial charge < -0.3 is 5.73 Å². The summed E-state index contributed by atoms with van der Waals surface area (Å²) >= 11 is 0. The van der Waals surface area contributed by atoms with Gasteiger partial charge in [0.2, 0.25) is 0 Å². The highest BCUT2D eigenvalue weighted by Crippen LogP contribution is 2.22. The second-order valence-corrected chi connectivity index (χ2v) is 4.60. The molecule has 0 radical (unpaired) electrons. The molecule has 0 aliphatic rings. The lowest BCUT2D eigenvalue weighted by molar-refractivity contribution is 0.281. The molecule has 0 aromatic carbocycles. The third kappa shape index (κ3) is 6.70. The standard InChI is InChI=1S/C9H21N.H2S/c1-7(2)6-8(10)9(3,4)5;/h7-8H,6,10H2,1-5H3;1H2/t8-;/m0./s1. The van der Waals surface area contributed by atoms with Gasteiger partial charge in [-0.2, -0.15) is 13.5 Å². The predicted molar refractivity (Wildman–Crippen MR) is 57.3 cm³/mol. The summed E-state index contributed by atoms with van der Waals surface area (Å²) in [6.45, 7) is 11.0. The van der Waals surface area contributed by atoms with E-state index in [-0.39, 0.29) is 18.9 Å². The Morgan fingerprint density at radius 2 is 1.55 bits per heavy atom. The van der Waals surface area contributed by atoms with Crippen LogP contribution in [0.5, 0.6) is 0 Å². The van der Waals surface area contributed by atoms with E-state index in [0.717, 1.165) is 6.42 Å². The zero-order valence-corrected chi connectivity index (χ0v) is 9.44. The molecule has 0 heterocycles. The summed E-state index contributed by atoms with van der Waals surface area (Å²) in [5.74, 6) is 0.717. The fourth-order valence-corrected chi connectivity index (χ4v) is 0.861. The number of nitrogens with two attached hydrogens (primary N) is 1. The highest BCUT2D eigenvalue weighted by molar-refractivity contribution is 7.59. The van der Waals surface area contributed by atoms with Crippen molar-refractivity contribution in [1.82, 2.24) is 0 Å². The van der Waals surface area contributed by atoms with Gasteiger partial charge in [0.05, 0.1) is 0 Å². The molecule has 2 heteroatoms. The minimum atomic E-state index is 0. The molecule has 0 fully saturated rings. The summed E-state index contributed by atoms with van der Waals surface area (Å²) in [4.78, 5) is 0. The maximum Gasteiger partial charge on any atom is 0.00900 e. The van der Waals surface area contributed by atoms with Gasteiger partial charge in [0.25, 0.3) is 0 Å². The summed E-state index contributed by atoms with van der Waals surface area (Å²) < 4.78 is 0. The molecule has 0 rings (SSSR count). The van der Waals surface area contributed by atoms with Crippen molar-refractivity contribution >= 4 is 13.5 Å². The van der Waals surface area contributed by atoms with Crippen LogP contribution < -0.4 is 5.73 Å². The largest absolute Gasteiger partial charge is 0.327 e. The minimum absolute atomic E-state index is 0. The molecule has 1 nitrogen and oxygen atoms in total. The smallest absolute Gasteiger partial charge is 0.00900 e. The Morgan fingerprint density at radius 3 is 1.64 bits per heavy atom. The minimum Gasteiger partial charge on any atom is -0.327 e. The lowest BCUT2D eigenvalue weighted by Gasteiger charge is -2.28. The van der Waals surface area contributed by atoms with Gasteiger partial charge in [0.1, 0.15) is 0 Å². The van der Waals surface area contributed by atoms with Crippen molar-refractivity contribution in [2.24, 2.45) is 17.1 Å². The number of hydrogen-bond acceptors (Lipinski definition) is 1. The van der Waals surface area contributed by atoms with E-state index in [1.807, 2.05) is 0 Å². The van der Waals surface area contributed by atoms with Crippen LogP contribution in [-0.4, -0.2) is 6.04 Å². The van der Waals surface area contributed by atoms with E-state index in [2.05, 4.69) is 34.6 Å². The van der Waals surface area contributed by atoms with E-state index in [1.54, 1.807) is 0 Å². The molecule has 0 aromatic heterocycles. The summed E-state index contributed by atoms with van der Waals surface area (Å²) in [5.41, 5.74) is 6.22. The van der Waals surface area contributed by atoms with E-state index >= 15 is 0 Å². The van der Waals surface area contributed by atoms with Crippen LogP contribution in [0, 0.1) is 11.3 Å². The summed E-state index contributed by atoms with van der Waals surface area (Å²) in [6.07, 6.45) is 1.13. The molecular formula is C9H23NS. The lowest BCUT2D eigenvalue weighted by Crippen LogP contribution is -2.36. The lowest BCUT2D eigenvalue weighted by atomic mass is 9.83. The fraction of sp³-hybridized carbons (Fsp3) is 1.00. The molecule has 0 saturated carbocycles. The summed E-state index contributed by atoms with van der Waals surface area (Å²) in [7, 11) is 0. The highest BCUT2D eigenvalue weighted by atomic mass is 32.1. The van der Waals surface area contributed by atoms with Gasteiger partial charge in [-0.3, -0.25) is 0 Å². The molecule has 0 unspecified atom stereocenters. The average Bonchev–Trinajstić information content (AvgIpc) is 1.60. The average molecular weight is 177 g/mol. The van der Waals surface area contributed by atoms with Gasteiger partial charge in [-0.1, -0.05) is 34.6 Å².